The topological polar surface area (TPSA) is 12.0 Å². The Kier molecular flexibility index (Phi) is 3.12. The van der Waals surface area contributed by atoms with Crippen molar-refractivity contribution in [2.75, 3.05) is 13.6 Å². The number of nitrogens with one attached hydrogen (secondary N) is 1. The first-order valence-electron chi connectivity index (χ1n) is 4.04. The average Bonchev–Trinajstić information content (AvgIpc) is 2.06. The van der Waals surface area contributed by atoms with Crippen LogP contribution in [0.1, 0.15) is 12.8 Å². The summed E-state index contributed by atoms with van der Waals surface area (Å²) < 4.78 is 0. The van der Waals surface area contributed by atoms with Crippen LogP contribution in [0.15, 0.2) is 36.0 Å². The fourth-order valence-corrected chi connectivity index (χ4v) is 1.33. The van der Waals surface area contributed by atoms with Gasteiger partial charge in [-0.25, -0.2) is 0 Å². The lowest BCUT2D eigenvalue weighted by Crippen LogP contribution is -2.11. The number of hydrogen-bond donors (Lipinski definition) is 1. The standard InChI is InChI=1S/C10H15N/c1-3-9-6-4-5-7-10(9)8-11-2/h3,5,7,11H,1,4,6,8H2,2H3. The van der Waals surface area contributed by atoms with Gasteiger partial charge in [-0.3, -0.25) is 0 Å². The van der Waals surface area contributed by atoms with Crippen molar-refractivity contribution < 1.29 is 0 Å². The maximum atomic E-state index is 3.80. The second-order valence-electron chi connectivity index (χ2n) is 2.73. The third-order valence-electron chi connectivity index (χ3n) is 1.93. The molecular weight excluding hydrogens is 134 g/mol. The molecular formula is C10H15N. The summed E-state index contributed by atoms with van der Waals surface area (Å²) in [5.74, 6) is 0. The molecule has 1 nitrogen and oxygen atoms in total. The van der Waals surface area contributed by atoms with Crippen molar-refractivity contribution in [2.24, 2.45) is 0 Å². The first-order chi connectivity index (χ1) is 5.38. The summed E-state index contributed by atoms with van der Waals surface area (Å²) in [5.41, 5.74) is 2.77. The van der Waals surface area contributed by atoms with Crippen LogP contribution in [0.4, 0.5) is 0 Å². The summed E-state index contributed by atoms with van der Waals surface area (Å²) >= 11 is 0. The maximum absolute atomic E-state index is 3.80. The van der Waals surface area contributed by atoms with Gasteiger partial charge in [0.15, 0.2) is 0 Å². The SMILES string of the molecule is C=CC1=C(CNC)C=CCC1. The van der Waals surface area contributed by atoms with Crippen molar-refractivity contribution in [3.8, 4) is 0 Å². The van der Waals surface area contributed by atoms with Crippen LogP contribution in [-0.4, -0.2) is 13.6 Å². The van der Waals surface area contributed by atoms with Crippen LogP contribution < -0.4 is 5.32 Å². The number of allylic oxidation sites excluding steroid dienone is 3. The van der Waals surface area contributed by atoms with E-state index in [1.54, 1.807) is 0 Å². The molecule has 0 saturated carbocycles. The van der Waals surface area contributed by atoms with E-state index in [2.05, 4.69) is 24.0 Å². The van der Waals surface area contributed by atoms with Gasteiger partial charge >= 0.3 is 0 Å². The van der Waals surface area contributed by atoms with Gasteiger partial charge in [0.2, 0.25) is 0 Å². The molecule has 1 aliphatic carbocycles. The maximum Gasteiger partial charge on any atom is 0.0205 e. The Morgan fingerprint density at radius 2 is 2.55 bits per heavy atom. The highest BCUT2D eigenvalue weighted by molar-refractivity contribution is 5.36. The Balaban J connectivity index is 2.73. The molecule has 0 aliphatic heterocycles. The molecule has 0 saturated heterocycles. The molecule has 0 bridgehead atoms. The average molecular weight is 149 g/mol. The molecule has 1 heteroatoms. The minimum Gasteiger partial charge on any atom is -0.316 e. The van der Waals surface area contributed by atoms with E-state index in [-0.39, 0.29) is 0 Å². The fourth-order valence-electron chi connectivity index (χ4n) is 1.33. The molecule has 0 aromatic heterocycles. The summed E-state index contributed by atoms with van der Waals surface area (Å²) in [6, 6.07) is 0. The number of likely N-dealkylation sites (N-methyl/N-ethyl adjacent to an activating group) is 1. The number of hydrogen-bond acceptors (Lipinski definition) is 1. The Labute approximate surface area is 68.5 Å². The van der Waals surface area contributed by atoms with Crippen LogP contribution in [0, 0.1) is 0 Å². The van der Waals surface area contributed by atoms with E-state index in [4.69, 9.17) is 0 Å². The summed E-state index contributed by atoms with van der Waals surface area (Å²) in [5, 5.41) is 3.14. The van der Waals surface area contributed by atoms with Crippen LogP contribution >= 0.6 is 0 Å². The van der Waals surface area contributed by atoms with E-state index in [1.165, 1.54) is 11.1 Å². The minimum absolute atomic E-state index is 0.956. The Morgan fingerprint density at radius 1 is 1.73 bits per heavy atom. The molecule has 0 radical (unpaired) electrons. The van der Waals surface area contributed by atoms with Gasteiger partial charge in [-0.15, -0.1) is 0 Å². The molecule has 1 rings (SSSR count). The van der Waals surface area contributed by atoms with Gasteiger partial charge < -0.3 is 5.32 Å². The van der Waals surface area contributed by atoms with E-state index >= 15 is 0 Å². The lowest BCUT2D eigenvalue weighted by Gasteiger charge is -2.11. The zero-order chi connectivity index (χ0) is 8.10. The molecule has 0 amide bonds. The van der Waals surface area contributed by atoms with Crippen molar-refractivity contribution in [2.45, 2.75) is 12.8 Å². The Bertz CT molecular complexity index is 199. The predicted molar refractivity (Wildman–Crippen MR) is 49.5 cm³/mol. The van der Waals surface area contributed by atoms with Crippen LogP contribution in [0.5, 0.6) is 0 Å². The van der Waals surface area contributed by atoms with E-state index in [0.717, 1.165) is 19.4 Å². The Morgan fingerprint density at radius 3 is 3.18 bits per heavy atom. The number of rotatable bonds is 3. The van der Waals surface area contributed by atoms with E-state index in [1.807, 2.05) is 13.1 Å². The summed E-state index contributed by atoms with van der Waals surface area (Å²) in [6.07, 6.45) is 8.69. The van der Waals surface area contributed by atoms with Crippen LogP contribution in [0.3, 0.4) is 0 Å². The lowest BCUT2D eigenvalue weighted by molar-refractivity contribution is 0.860. The van der Waals surface area contributed by atoms with E-state index in [9.17, 15) is 0 Å². The lowest BCUT2D eigenvalue weighted by atomic mass is 9.98. The first-order valence-corrected chi connectivity index (χ1v) is 4.04. The van der Waals surface area contributed by atoms with Crippen molar-refractivity contribution >= 4 is 0 Å². The smallest absolute Gasteiger partial charge is 0.0205 e. The molecule has 0 atom stereocenters. The molecule has 0 aromatic rings. The molecule has 0 fully saturated rings. The largest absolute Gasteiger partial charge is 0.316 e. The molecule has 1 aliphatic rings. The molecule has 11 heavy (non-hydrogen) atoms. The Hall–Kier alpha value is -0.820. The molecule has 0 heterocycles. The van der Waals surface area contributed by atoms with Crippen LogP contribution in [0.25, 0.3) is 0 Å². The molecule has 1 N–H and O–H groups in total. The molecule has 0 unspecified atom stereocenters. The van der Waals surface area contributed by atoms with Crippen LogP contribution in [0.2, 0.25) is 0 Å². The highest BCUT2D eigenvalue weighted by Crippen LogP contribution is 2.18. The van der Waals surface area contributed by atoms with Crippen molar-refractivity contribution in [3.05, 3.63) is 36.0 Å². The fraction of sp³-hybridized carbons (Fsp3) is 0.400. The second-order valence-corrected chi connectivity index (χ2v) is 2.73. The van der Waals surface area contributed by atoms with E-state index < -0.39 is 0 Å². The normalized spacial score (nSPS) is 17.2. The summed E-state index contributed by atoms with van der Waals surface area (Å²) in [7, 11) is 1.97. The van der Waals surface area contributed by atoms with Gasteiger partial charge in [0.25, 0.3) is 0 Å². The van der Waals surface area contributed by atoms with Crippen LogP contribution in [-0.2, 0) is 0 Å². The molecule has 60 valence electrons. The van der Waals surface area contributed by atoms with Crippen molar-refractivity contribution in [3.63, 3.8) is 0 Å². The van der Waals surface area contributed by atoms with Gasteiger partial charge in [-0.2, -0.15) is 0 Å². The van der Waals surface area contributed by atoms with Gasteiger partial charge in [0, 0.05) is 6.54 Å². The van der Waals surface area contributed by atoms with Gasteiger partial charge in [-0.1, -0.05) is 24.8 Å². The van der Waals surface area contributed by atoms with Crippen molar-refractivity contribution in [1.82, 2.24) is 5.32 Å². The van der Waals surface area contributed by atoms with Crippen molar-refractivity contribution in [1.29, 1.82) is 0 Å². The summed E-state index contributed by atoms with van der Waals surface area (Å²) in [6.45, 7) is 4.75. The first kappa shape index (κ1) is 8.28. The summed E-state index contributed by atoms with van der Waals surface area (Å²) in [4.78, 5) is 0. The predicted octanol–water partition coefficient (Wildman–Crippen LogP) is 2.04. The van der Waals surface area contributed by atoms with E-state index in [0.29, 0.717) is 0 Å². The highest BCUT2D eigenvalue weighted by atomic mass is 14.8. The molecule has 0 aromatic carbocycles. The quantitative estimate of drug-likeness (QED) is 0.647. The zero-order valence-corrected chi connectivity index (χ0v) is 7.06. The third-order valence-corrected chi connectivity index (χ3v) is 1.93. The second kappa shape index (κ2) is 4.14. The molecule has 0 spiro atoms. The minimum atomic E-state index is 0.956. The van der Waals surface area contributed by atoms with Gasteiger partial charge in [0.05, 0.1) is 0 Å². The highest BCUT2D eigenvalue weighted by Gasteiger charge is 2.03. The van der Waals surface area contributed by atoms with Gasteiger partial charge in [-0.05, 0) is 31.0 Å². The zero-order valence-electron chi connectivity index (χ0n) is 7.06. The third kappa shape index (κ3) is 2.05. The monoisotopic (exact) mass is 149 g/mol. The van der Waals surface area contributed by atoms with Gasteiger partial charge in [0.1, 0.15) is 0 Å².